The Hall–Kier alpha value is -4.56. The quantitative estimate of drug-likeness (QED) is 0.281. The second-order valence-electron chi connectivity index (χ2n) is 8.49. The maximum atomic E-state index is 13.8. The Balaban J connectivity index is 1.34. The number of rotatable bonds is 6. The number of carbonyl (C=O) groups excluding carboxylic acids is 2. The van der Waals surface area contributed by atoms with Gasteiger partial charge in [0.15, 0.2) is 22.4 Å². The van der Waals surface area contributed by atoms with Crippen molar-refractivity contribution in [2.45, 2.75) is 6.54 Å². The highest BCUT2D eigenvalue weighted by Crippen LogP contribution is 2.39. The van der Waals surface area contributed by atoms with Crippen LogP contribution in [0.5, 0.6) is 11.5 Å². The number of anilines is 1. The number of amides is 1. The molecule has 0 saturated heterocycles. The summed E-state index contributed by atoms with van der Waals surface area (Å²) < 4.78 is 12.3. The molecule has 0 bridgehead atoms. The van der Waals surface area contributed by atoms with Gasteiger partial charge in [-0.1, -0.05) is 59.9 Å². The van der Waals surface area contributed by atoms with Crippen molar-refractivity contribution < 1.29 is 19.1 Å². The van der Waals surface area contributed by atoms with Crippen LogP contribution in [0.25, 0.3) is 10.2 Å². The maximum Gasteiger partial charge on any atom is 0.260 e. The molecule has 0 radical (unpaired) electrons. The van der Waals surface area contributed by atoms with Crippen molar-refractivity contribution in [1.29, 1.82) is 0 Å². The van der Waals surface area contributed by atoms with Gasteiger partial charge in [0.25, 0.3) is 5.91 Å². The molecule has 182 valence electrons. The van der Waals surface area contributed by atoms with E-state index in [0.717, 1.165) is 15.8 Å². The first-order valence-electron chi connectivity index (χ1n) is 11.8. The van der Waals surface area contributed by atoms with Crippen LogP contribution >= 0.6 is 11.3 Å². The number of nitrogens with zero attached hydrogens (tertiary/aromatic N) is 3. The van der Waals surface area contributed by atoms with Gasteiger partial charge in [-0.25, -0.2) is 4.98 Å². The second kappa shape index (κ2) is 9.83. The molecule has 3 heterocycles. The number of thiazole rings is 1. The molecule has 0 N–H and O–H groups in total. The predicted octanol–water partition coefficient (Wildman–Crippen LogP) is 5.54. The Kier molecular flexibility index (Phi) is 6.08. The summed E-state index contributed by atoms with van der Waals surface area (Å²) in [4.78, 5) is 37.2. The van der Waals surface area contributed by atoms with Crippen LogP contribution in [-0.4, -0.2) is 34.9 Å². The first-order chi connectivity index (χ1) is 18.2. The third kappa shape index (κ3) is 4.66. The standard InChI is InChI=1S/C29H21N3O4S/c33-27(20-6-2-1-3-7-20)21-8-10-22(11-9-21)28(34)32(18-19-5-4-12-30-17-19)29-31-23-15-24-25(16-26(23)37-29)36-14-13-35-24/h1-12,15-17H,13-14,18H2. The summed E-state index contributed by atoms with van der Waals surface area (Å²) in [7, 11) is 0. The van der Waals surface area contributed by atoms with E-state index in [1.165, 1.54) is 11.3 Å². The van der Waals surface area contributed by atoms with Gasteiger partial charge in [0.2, 0.25) is 0 Å². The molecule has 1 amide bonds. The Morgan fingerprint density at radius 1 is 0.838 bits per heavy atom. The van der Waals surface area contributed by atoms with Crippen molar-refractivity contribution in [3.63, 3.8) is 0 Å². The van der Waals surface area contributed by atoms with Crippen LogP contribution in [0.2, 0.25) is 0 Å². The van der Waals surface area contributed by atoms with E-state index in [4.69, 9.17) is 14.5 Å². The summed E-state index contributed by atoms with van der Waals surface area (Å²) in [5.41, 5.74) is 3.18. The number of benzene rings is 3. The molecular formula is C29H21N3O4S. The molecule has 8 heteroatoms. The zero-order valence-corrected chi connectivity index (χ0v) is 20.5. The number of hydrogen-bond donors (Lipinski definition) is 0. The lowest BCUT2D eigenvalue weighted by Crippen LogP contribution is -2.30. The Morgan fingerprint density at radius 2 is 1.54 bits per heavy atom. The number of hydrogen-bond acceptors (Lipinski definition) is 7. The second-order valence-corrected chi connectivity index (χ2v) is 9.49. The number of fused-ring (bicyclic) bond motifs is 2. The van der Waals surface area contributed by atoms with Crippen LogP contribution in [0, 0.1) is 0 Å². The van der Waals surface area contributed by atoms with Crippen LogP contribution in [0.4, 0.5) is 5.13 Å². The fourth-order valence-electron chi connectivity index (χ4n) is 4.14. The smallest absolute Gasteiger partial charge is 0.260 e. The molecule has 5 aromatic rings. The van der Waals surface area contributed by atoms with Crippen molar-refractivity contribution >= 4 is 38.4 Å². The molecule has 0 atom stereocenters. The molecule has 0 spiro atoms. The van der Waals surface area contributed by atoms with E-state index < -0.39 is 0 Å². The third-order valence-corrected chi connectivity index (χ3v) is 7.05. The third-order valence-electron chi connectivity index (χ3n) is 6.01. The monoisotopic (exact) mass is 507 g/mol. The molecule has 1 aliphatic heterocycles. The Labute approximate surface area is 216 Å². The first-order valence-corrected chi connectivity index (χ1v) is 12.6. The molecule has 0 saturated carbocycles. The Morgan fingerprint density at radius 3 is 2.27 bits per heavy atom. The average Bonchev–Trinajstić information content (AvgIpc) is 3.37. The van der Waals surface area contributed by atoms with Crippen LogP contribution in [-0.2, 0) is 6.54 Å². The lowest BCUT2D eigenvalue weighted by Gasteiger charge is -2.20. The minimum atomic E-state index is -0.223. The fourth-order valence-corrected chi connectivity index (χ4v) is 5.12. The number of carbonyl (C=O) groups is 2. The SMILES string of the molecule is O=C(c1ccccc1)c1ccc(C(=O)N(Cc2cccnc2)c2nc3cc4c(cc3s2)OCCO4)cc1. The molecule has 0 fully saturated rings. The van der Waals surface area contributed by atoms with Crippen molar-refractivity contribution in [3.05, 3.63) is 114 Å². The zero-order valence-electron chi connectivity index (χ0n) is 19.7. The van der Waals surface area contributed by atoms with Gasteiger partial charge in [0.05, 0.1) is 16.8 Å². The summed E-state index contributed by atoms with van der Waals surface area (Å²) in [6.07, 6.45) is 3.43. The highest BCUT2D eigenvalue weighted by atomic mass is 32.1. The van der Waals surface area contributed by atoms with Gasteiger partial charge >= 0.3 is 0 Å². The number of ketones is 1. The molecule has 0 unspecified atom stereocenters. The van der Waals surface area contributed by atoms with Crippen LogP contribution in [0.15, 0.2) is 91.3 Å². The molecule has 0 aliphatic carbocycles. The minimum Gasteiger partial charge on any atom is -0.486 e. The van der Waals surface area contributed by atoms with E-state index in [-0.39, 0.29) is 11.7 Å². The van der Waals surface area contributed by atoms with Gasteiger partial charge in [-0.15, -0.1) is 0 Å². The molecule has 3 aromatic carbocycles. The van der Waals surface area contributed by atoms with Crippen molar-refractivity contribution in [1.82, 2.24) is 9.97 Å². The average molecular weight is 508 g/mol. The van der Waals surface area contributed by atoms with Gasteiger partial charge < -0.3 is 9.47 Å². The van der Waals surface area contributed by atoms with E-state index in [9.17, 15) is 9.59 Å². The highest BCUT2D eigenvalue weighted by Gasteiger charge is 2.24. The fraction of sp³-hybridized carbons (Fsp3) is 0.103. The number of pyridine rings is 1. The zero-order chi connectivity index (χ0) is 25.2. The van der Waals surface area contributed by atoms with Crippen LogP contribution in [0.3, 0.4) is 0 Å². The van der Waals surface area contributed by atoms with E-state index in [2.05, 4.69) is 4.98 Å². The van der Waals surface area contributed by atoms with Crippen molar-refractivity contribution in [2.24, 2.45) is 0 Å². The number of ether oxygens (including phenoxy) is 2. The van der Waals surface area contributed by atoms with Gasteiger partial charge in [-0.3, -0.25) is 19.5 Å². The van der Waals surface area contributed by atoms with Gasteiger partial charge in [0.1, 0.15) is 13.2 Å². The lowest BCUT2D eigenvalue weighted by molar-refractivity contribution is 0.0982. The normalized spacial score (nSPS) is 12.3. The summed E-state index contributed by atoms with van der Waals surface area (Å²) in [6, 6.07) is 23.3. The first kappa shape index (κ1) is 22.9. The maximum absolute atomic E-state index is 13.8. The predicted molar refractivity (Wildman–Crippen MR) is 142 cm³/mol. The van der Waals surface area contributed by atoms with Crippen LogP contribution < -0.4 is 14.4 Å². The van der Waals surface area contributed by atoms with Gasteiger partial charge in [-0.2, -0.15) is 0 Å². The Bertz CT molecular complexity index is 1540. The molecule has 7 nitrogen and oxygen atoms in total. The van der Waals surface area contributed by atoms with Crippen molar-refractivity contribution in [3.8, 4) is 11.5 Å². The topological polar surface area (TPSA) is 81.6 Å². The van der Waals surface area contributed by atoms with E-state index in [1.54, 1.807) is 53.7 Å². The molecule has 37 heavy (non-hydrogen) atoms. The van der Waals surface area contributed by atoms with E-state index >= 15 is 0 Å². The lowest BCUT2D eigenvalue weighted by atomic mass is 10.0. The molecular weight excluding hydrogens is 486 g/mol. The minimum absolute atomic E-state index is 0.0913. The molecule has 2 aromatic heterocycles. The van der Waals surface area contributed by atoms with Crippen molar-refractivity contribution in [2.75, 3.05) is 18.1 Å². The largest absolute Gasteiger partial charge is 0.486 e. The molecule has 6 rings (SSSR count). The van der Waals surface area contributed by atoms with Gasteiger partial charge in [-0.05, 0) is 23.8 Å². The summed E-state index contributed by atoms with van der Waals surface area (Å²) in [5.74, 6) is 1.02. The van der Waals surface area contributed by atoms with Crippen LogP contribution in [0.1, 0.15) is 31.8 Å². The van der Waals surface area contributed by atoms with Gasteiger partial charge in [0, 0.05) is 41.2 Å². The summed E-state index contributed by atoms with van der Waals surface area (Å²) in [5, 5.41) is 0.552. The number of aromatic nitrogens is 2. The van der Waals surface area contributed by atoms with E-state index in [1.807, 2.05) is 42.5 Å². The van der Waals surface area contributed by atoms with E-state index in [0.29, 0.717) is 53.1 Å². The summed E-state index contributed by atoms with van der Waals surface area (Å²) in [6.45, 7) is 1.28. The summed E-state index contributed by atoms with van der Waals surface area (Å²) >= 11 is 1.41. The highest BCUT2D eigenvalue weighted by molar-refractivity contribution is 7.22. The molecule has 1 aliphatic rings.